The second-order valence-corrected chi connectivity index (χ2v) is 10.1. The van der Waals surface area contributed by atoms with Crippen LogP contribution in [0.3, 0.4) is 0 Å². The lowest BCUT2D eigenvalue weighted by Crippen LogP contribution is -2.50. The Morgan fingerprint density at radius 2 is 1.22 bits per heavy atom. The number of likely N-dealkylation sites (N-methyl/N-ethyl adjacent to an activating group) is 1. The van der Waals surface area contributed by atoms with Gasteiger partial charge in [-0.1, -0.05) is 91.4 Å². The summed E-state index contributed by atoms with van der Waals surface area (Å²) in [5.41, 5.74) is 0. The summed E-state index contributed by atoms with van der Waals surface area (Å²) in [6.07, 6.45) is 17.7. The molecule has 0 spiro atoms. The van der Waals surface area contributed by atoms with E-state index in [-0.39, 0.29) is 23.8 Å². The van der Waals surface area contributed by atoms with Gasteiger partial charge in [-0.25, -0.2) is 0 Å². The summed E-state index contributed by atoms with van der Waals surface area (Å²) in [4.78, 5) is 29.3. The average Bonchev–Trinajstić information content (AvgIpc) is 2.73. The highest BCUT2D eigenvalue weighted by molar-refractivity contribution is 5.87. The van der Waals surface area contributed by atoms with Crippen molar-refractivity contribution in [1.29, 1.82) is 0 Å². The zero-order valence-corrected chi connectivity index (χ0v) is 22.4. The molecule has 0 saturated heterocycles. The third kappa shape index (κ3) is 16.5. The van der Waals surface area contributed by atoms with E-state index in [0.717, 1.165) is 32.2 Å². The molecule has 0 aliphatic carbocycles. The molecule has 0 saturated carbocycles. The van der Waals surface area contributed by atoms with Gasteiger partial charge < -0.3 is 15.1 Å². The fraction of sp³-hybridized carbons (Fsp3) is 0.926. The molecule has 0 rings (SSSR count). The van der Waals surface area contributed by atoms with E-state index in [2.05, 4.69) is 31.2 Å². The molecule has 1 atom stereocenters. The van der Waals surface area contributed by atoms with Crippen LogP contribution in [0.4, 0.5) is 0 Å². The Labute approximate surface area is 200 Å². The first-order valence-electron chi connectivity index (χ1n) is 13.5. The van der Waals surface area contributed by atoms with Gasteiger partial charge in [0.05, 0.1) is 0 Å². The van der Waals surface area contributed by atoms with Crippen molar-refractivity contribution in [2.75, 3.05) is 34.2 Å². The standard InChI is InChI=1S/C27H55N3O2/c1-7-8-9-10-11-12-13-14-15-18-21-25(31)30(6)26(24(2)3)27(32)28-22-19-16-17-20-23-29(4)5/h24,26H,7-23H2,1-6H3,(H,28,32). The van der Waals surface area contributed by atoms with Crippen molar-refractivity contribution >= 4 is 11.8 Å². The minimum Gasteiger partial charge on any atom is -0.354 e. The van der Waals surface area contributed by atoms with E-state index in [9.17, 15) is 9.59 Å². The number of carbonyl (C=O) groups excluding carboxylic acids is 2. The molecule has 32 heavy (non-hydrogen) atoms. The number of nitrogens with one attached hydrogen (secondary N) is 1. The van der Waals surface area contributed by atoms with Crippen molar-refractivity contribution in [3.8, 4) is 0 Å². The average molecular weight is 454 g/mol. The first kappa shape index (κ1) is 30.9. The Morgan fingerprint density at radius 3 is 1.75 bits per heavy atom. The highest BCUT2D eigenvalue weighted by atomic mass is 16.2. The van der Waals surface area contributed by atoms with Gasteiger partial charge in [-0.15, -0.1) is 0 Å². The predicted octanol–water partition coefficient (Wildman–Crippen LogP) is 6.02. The van der Waals surface area contributed by atoms with E-state index in [0.29, 0.717) is 13.0 Å². The van der Waals surface area contributed by atoms with Crippen LogP contribution >= 0.6 is 0 Å². The first-order chi connectivity index (χ1) is 15.3. The van der Waals surface area contributed by atoms with Crippen molar-refractivity contribution in [3.05, 3.63) is 0 Å². The van der Waals surface area contributed by atoms with Gasteiger partial charge in [0, 0.05) is 20.0 Å². The number of rotatable bonds is 21. The lowest BCUT2D eigenvalue weighted by Gasteiger charge is -2.30. The number of unbranched alkanes of at least 4 members (excludes halogenated alkanes) is 12. The molecular formula is C27H55N3O2. The van der Waals surface area contributed by atoms with Gasteiger partial charge in [-0.05, 0) is 45.8 Å². The molecule has 0 aliphatic rings. The van der Waals surface area contributed by atoms with E-state index in [1.165, 1.54) is 64.2 Å². The zero-order chi connectivity index (χ0) is 24.2. The van der Waals surface area contributed by atoms with Gasteiger partial charge in [-0.2, -0.15) is 0 Å². The van der Waals surface area contributed by atoms with Gasteiger partial charge in [-0.3, -0.25) is 9.59 Å². The van der Waals surface area contributed by atoms with Gasteiger partial charge in [0.1, 0.15) is 6.04 Å². The third-order valence-electron chi connectivity index (χ3n) is 6.29. The van der Waals surface area contributed by atoms with E-state index >= 15 is 0 Å². The molecule has 0 fully saturated rings. The summed E-state index contributed by atoms with van der Waals surface area (Å²) in [5.74, 6) is 0.200. The Morgan fingerprint density at radius 1 is 0.719 bits per heavy atom. The van der Waals surface area contributed by atoms with Crippen molar-refractivity contribution < 1.29 is 9.59 Å². The summed E-state index contributed by atoms with van der Waals surface area (Å²) >= 11 is 0. The highest BCUT2D eigenvalue weighted by Gasteiger charge is 2.29. The minimum atomic E-state index is -0.376. The lowest BCUT2D eigenvalue weighted by molar-refractivity contribution is -0.140. The van der Waals surface area contributed by atoms with Crippen LogP contribution in [0.25, 0.3) is 0 Å². The second-order valence-electron chi connectivity index (χ2n) is 10.1. The largest absolute Gasteiger partial charge is 0.354 e. The van der Waals surface area contributed by atoms with Gasteiger partial charge >= 0.3 is 0 Å². The van der Waals surface area contributed by atoms with Crippen LogP contribution in [0.15, 0.2) is 0 Å². The Balaban J connectivity index is 4.04. The van der Waals surface area contributed by atoms with Crippen molar-refractivity contribution in [2.45, 2.75) is 123 Å². The molecule has 2 amide bonds. The normalized spacial score (nSPS) is 12.4. The third-order valence-corrected chi connectivity index (χ3v) is 6.29. The molecule has 0 aromatic rings. The number of amides is 2. The molecule has 190 valence electrons. The molecule has 0 aromatic heterocycles. The van der Waals surface area contributed by atoms with Gasteiger partial charge in [0.2, 0.25) is 11.8 Å². The van der Waals surface area contributed by atoms with Crippen LogP contribution in [0.2, 0.25) is 0 Å². The van der Waals surface area contributed by atoms with Gasteiger partial charge in [0.25, 0.3) is 0 Å². The zero-order valence-electron chi connectivity index (χ0n) is 22.4. The molecule has 0 aromatic carbocycles. The maximum Gasteiger partial charge on any atom is 0.243 e. The molecule has 5 nitrogen and oxygen atoms in total. The number of hydrogen-bond acceptors (Lipinski definition) is 3. The maximum atomic E-state index is 12.7. The molecule has 0 heterocycles. The van der Waals surface area contributed by atoms with E-state index in [1.54, 1.807) is 11.9 Å². The van der Waals surface area contributed by atoms with E-state index in [4.69, 9.17) is 0 Å². The van der Waals surface area contributed by atoms with Crippen molar-refractivity contribution in [1.82, 2.24) is 15.1 Å². The summed E-state index contributed by atoms with van der Waals surface area (Å²) in [6, 6.07) is -0.376. The summed E-state index contributed by atoms with van der Waals surface area (Å²) in [7, 11) is 5.99. The van der Waals surface area contributed by atoms with Crippen LogP contribution in [0.1, 0.15) is 117 Å². The first-order valence-corrected chi connectivity index (χ1v) is 13.5. The second kappa shape index (κ2) is 20.5. The smallest absolute Gasteiger partial charge is 0.243 e. The molecule has 0 bridgehead atoms. The molecule has 1 N–H and O–H groups in total. The lowest BCUT2D eigenvalue weighted by atomic mass is 10.0. The van der Waals surface area contributed by atoms with Crippen LogP contribution in [-0.4, -0.2) is 61.9 Å². The molecule has 0 radical (unpaired) electrons. The maximum absolute atomic E-state index is 12.7. The van der Waals surface area contributed by atoms with E-state index in [1.807, 2.05) is 13.8 Å². The molecule has 5 heteroatoms. The van der Waals surface area contributed by atoms with Crippen molar-refractivity contribution in [3.63, 3.8) is 0 Å². The minimum absolute atomic E-state index is 0.00721. The van der Waals surface area contributed by atoms with Gasteiger partial charge in [0.15, 0.2) is 0 Å². The molecule has 1 unspecified atom stereocenters. The quantitative estimate of drug-likeness (QED) is 0.216. The van der Waals surface area contributed by atoms with Crippen LogP contribution < -0.4 is 5.32 Å². The summed E-state index contributed by atoms with van der Waals surface area (Å²) in [5, 5.41) is 3.06. The Kier molecular flexibility index (Phi) is 19.8. The van der Waals surface area contributed by atoms with Crippen LogP contribution in [-0.2, 0) is 9.59 Å². The fourth-order valence-electron chi connectivity index (χ4n) is 4.24. The molecule has 0 aliphatic heterocycles. The highest BCUT2D eigenvalue weighted by Crippen LogP contribution is 2.15. The number of carbonyl (C=O) groups is 2. The summed E-state index contributed by atoms with van der Waals surface area (Å²) in [6.45, 7) is 8.12. The van der Waals surface area contributed by atoms with Crippen LogP contribution in [0.5, 0.6) is 0 Å². The molecular weight excluding hydrogens is 398 g/mol. The van der Waals surface area contributed by atoms with E-state index < -0.39 is 0 Å². The number of hydrogen-bond donors (Lipinski definition) is 1. The Bertz CT molecular complexity index is 466. The van der Waals surface area contributed by atoms with Crippen LogP contribution in [0, 0.1) is 5.92 Å². The predicted molar refractivity (Wildman–Crippen MR) is 138 cm³/mol. The number of nitrogens with zero attached hydrogens (tertiary/aromatic N) is 2. The fourth-order valence-corrected chi connectivity index (χ4v) is 4.24. The monoisotopic (exact) mass is 453 g/mol. The Hall–Kier alpha value is -1.10. The SMILES string of the molecule is CCCCCCCCCCCCC(=O)N(C)C(C(=O)NCCCCCCN(C)C)C(C)C. The topological polar surface area (TPSA) is 52.7 Å². The van der Waals surface area contributed by atoms with Crippen molar-refractivity contribution in [2.24, 2.45) is 5.92 Å². The summed E-state index contributed by atoms with van der Waals surface area (Å²) < 4.78 is 0.